The van der Waals surface area contributed by atoms with Crippen LogP contribution in [0.4, 0.5) is 10.5 Å². The minimum Gasteiger partial charge on any atom is -0.392 e. The third-order valence-electron chi connectivity index (χ3n) is 3.51. The maximum Gasteiger partial charge on any atom is 0.315 e. The van der Waals surface area contributed by atoms with E-state index < -0.39 is 6.10 Å². The van der Waals surface area contributed by atoms with Crippen LogP contribution in [0.1, 0.15) is 19.8 Å². The van der Waals surface area contributed by atoms with Crippen LogP contribution in [0.5, 0.6) is 0 Å². The van der Waals surface area contributed by atoms with Gasteiger partial charge < -0.3 is 20.6 Å². The Morgan fingerprint density at radius 3 is 3.00 bits per heavy atom. The van der Waals surface area contributed by atoms with Crippen molar-refractivity contribution in [1.82, 2.24) is 10.6 Å². The molecule has 2 atom stereocenters. The molecule has 1 fully saturated rings. The van der Waals surface area contributed by atoms with E-state index in [-0.39, 0.29) is 18.6 Å². The number of piperidine rings is 1. The minimum absolute atomic E-state index is 0.0871. The number of hydrogen-bond acceptors (Lipinski definition) is 3. The van der Waals surface area contributed by atoms with Gasteiger partial charge in [-0.15, -0.1) is 0 Å². The van der Waals surface area contributed by atoms with Crippen LogP contribution in [0.25, 0.3) is 0 Å². The number of aliphatic hydroxyl groups is 1. The molecule has 116 valence electrons. The van der Waals surface area contributed by atoms with Crippen LogP contribution in [0.3, 0.4) is 0 Å². The molecule has 1 aromatic rings. The Labute approximate surface area is 130 Å². The fourth-order valence-electron chi connectivity index (χ4n) is 2.50. The van der Waals surface area contributed by atoms with Crippen molar-refractivity contribution in [3.8, 4) is 0 Å². The molecule has 0 saturated carbocycles. The summed E-state index contributed by atoms with van der Waals surface area (Å²) in [5.74, 6) is 0. The number of carbonyl (C=O) groups excluding carboxylic acids is 1. The number of urea groups is 1. The van der Waals surface area contributed by atoms with E-state index in [4.69, 9.17) is 16.7 Å². The number of aliphatic hydroxyl groups excluding tert-OH is 1. The lowest BCUT2D eigenvalue weighted by molar-refractivity contribution is 0.186. The van der Waals surface area contributed by atoms with Crippen molar-refractivity contribution >= 4 is 23.3 Å². The highest BCUT2D eigenvalue weighted by molar-refractivity contribution is 6.33. The van der Waals surface area contributed by atoms with Crippen LogP contribution in [0.2, 0.25) is 5.02 Å². The molecule has 2 amide bonds. The van der Waals surface area contributed by atoms with E-state index in [9.17, 15) is 4.79 Å². The normalized spacial score (nSPS) is 20.0. The maximum absolute atomic E-state index is 11.7. The van der Waals surface area contributed by atoms with Gasteiger partial charge in [-0.1, -0.05) is 23.7 Å². The Morgan fingerprint density at radius 2 is 2.29 bits per heavy atom. The highest BCUT2D eigenvalue weighted by Crippen LogP contribution is 2.27. The van der Waals surface area contributed by atoms with Gasteiger partial charge in [0.05, 0.1) is 16.8 Å². The molecule has 6 heteroatoms. The van der Waals surface area contributed by atoms with Gasteiger partial charge in [0.15, 0.2) is 0 Å². The van der Waals surface area contributed by atoms with Crippen molar-refractivity contribution in [3.63, 3.8) is 0 Å². The lowest BCUT2D eigenvalue weighted by Crippen LogP contribution is -2.51. The van der Waals surface area contributed by atoms with Crippen molar-refractivity contribution in [2.24, 2.45) is 0 Å². The second-order valence-electron chi connectivity index (χ2n) is 5.44. The van der Waals surface area contributed by atoms with Gasteiger partial charge in [-0.3, -0.25) is 0 Å². The third kappa shape index (κ3) is 4.79. The highest BCUT2D eigenvalue weighted by Gasteiger charge is 2.22. The van der Waals surface area contributed by atoms with Gasteiger partial charge in [-0.2, -0.15) is 0 Å². The average molecular weight is 312 g/mol. The maximum atomic E-state index is 11.7. The van der Waals surface area contributed by atoms with Gasteiger partial charge in [0.1, 0.15) is 0 Å². The van der Waals surface area contributed by atoms with Gasteiger partial charge in [0, 0.05) is 25.7 Å². The third-order valence-corrected chi connectivity index (χ3v) is 3.83. The van der Waals surface area contributed by atoms with Gasteiger partial charge in [0.2, 0.25) is 0 Å². The Kier molecular flexibility index (Phi) is 5.70. The number of amides is 2. The SMILES string of the molecule is C[C@@H](O)CNC(=O)N[C@H]1CCCN(c2ccccc2Cl)C1. The van der Waals surface area contributed by atoms with Crippen LogP contribution < -0.4 is 15.5 Å². The minimum atomic E-state index is -0.540. The summed E-state index contributed by atoms with van der Waals surface area (Å²) in [7, 11) is 0. The zero-order chi connectivity index (χ0) is 15.2. The zero-order valence-corrected chi connectivity index (χ0v) is 12.9. The van der Waals surface area contributed by atoms with Crippen molar-refractivity contribution in [3.05, 3.63) is 29.3 Å². The Bertz CT molecular complexity index is 482. The second kappa shape index (κ2) is 7.52. The van der Waals surface area contributed by atoms with Crippen molar-refractivity contribution in [2.75, 3.05) is 24.5 Å². The van der Waals surface area contributed by atoms with E-state index in [0.29, 0.717) is 0 Å². The number of nitrogens with zero attached hydrogens (tertiary/aromatic N) is 1. The summed E-state index contributed by atoms with van der Waals surface area (Å²) < 4.78 is 0. The van der Waals surface area contributed by atoms with E-state index in [0.717, 1.165) is 36.6 Å². The molecule has 1 saturated heterocycles. The summed E-state index contributed by atoms with van der Waals surface area (Å²) in [5, 5.41) is 15.5. The molecule has 1 aliphatic rings. The van der Waals surface area contributed by atoms with E-state index in [1.807, 2.05) is 24.3 Å². The molecular weight excluding hydrogens is 290 g/mol. The van der Waals surface area contributed by atoms with Gasteiger partial charge in [-0.05, 0) is 31.9 Å². The molecule has 5 nitrogen and oxygen atoms in total. The van der Waals surface area contributed by atoms with Crippen LogP contribution in [0, 0.1) is 0 Å². The van der Waals surface area contributed by atoms with Crippen LogP contribution in [-0.4, -0.2) is 42.9 Å². The fourth-order valence-corrected chi connectivity index (χ4v) is 2.75. The molecule has 0 radical (unpaired) electrons. The summed E-state index contributed by atoms with van der Waals surface area (Å²) in [6.07, 6.45) is 1.41. The first-order valence-corrected chi connectivity index (χ1v) is 7.66. The summed E-state index contributed by atoms with van der Waals surface area (Å²) in [6.45, 7) is 3.58. The Morgan fingerprint density at radius 1 is 1.52 bits per heavy atom. The molecule has 2 rings (SSSR count). The second-order valence-corrected chi connectivity index (χ2v) is 5.85. The molecule has 0 bridgehead atoms. The molecule has 21 heavy (non-hydrogen) atoms. The van der Waals surface area contributed by atoms with E-state index in [2.05, 4.69) is 15.5 Å². The van der Waals surface area contributed by atoms with Gasteiger partial charge in [-0.25, -0.2) is 4.79 Å². The topological polar surface area (TPSA) is 64.6 Å². The lowest BCUT2D eigenvalue weighted by atomic mass is 10.1. The fraction of sp³-hybridized carbons (Fsp3) is 0.533. The van der Waals surface area contributed by atoms with Crippen molar-refractivity contribution in [2.45, 2.75) is 31.9 Å². The predicted octanol–water partition coefficient (Wildman–Crippen LogP) is 1.99. The predicted molar refractivity (Wildman–Crippen MR) is 84.9 cm³/mol. The molecular formula is C15H22ClN3O2. The first-order valence-electron chi connectivity index (χ1n) is 7.28. The van der Waals surface area contributed by atoms with Gasteiger partial charge in [0.25, 0.3) is 0 Å². The number of anilines is 1. The number of nitrogens with one attached hydrogen (secondary N) is 2. The first-order chi connectivity index (χ1) is 10.1. The van der Waals surface area contributed by atoms with E-state index >= 15 is 0 Å². The smallest absolute Gasteiger partial charge is 0.315 e. The summed E-state index contributed by atoms with van der Waals surface area (Å²) in [6, 6.07) is 7.61. The zero-order valence-electron chi connectivity index (χ0n) is 12.2. The van der Waals surface area contributed by atoms with E-state index in [1.54, 1.807) is 6.92 Å². The molecule has 1 heterocycles. The molecule has 0 aromatic heterocycles. The van der Waals surface area contributed by atoms with Crippen LogP contribution in [0.15, 0.2) is 24.3 Å². The van der Waals surface area contributed by atoms with Crippen molar-refractivity contribution in [1.29, 1.82) is 0 Å². The quantitative estimate of drug-likeness (QED) is 0.797. The van der Waals surface area contributed by atoms with E-state index in [1.165, 1.54) is 0 Å². The molecule has 1 aliphatic heterocycles. The average Bonchev–Trinajstić information content (AvgIpc) is 2.46. The number of benzene rings is 1. The lowest BCUT2D eigenvalue weighted by Gasteiger charge is -2.35. The van der Waals surface area contributed by atoms with Crippen LogP contribution in [-0.2, 0) is 0 Å². The number of para-hydroxylation sites is 1. The molecule has 0 unspecified atom stereocenters. The standard InChI is InChI=1S/C15H22ClN3O2/c1-11(20)9-17-15(21)18-12-5-4-8-19(10-12)14-7-3-2-6-13(14)16/h2-3,6-7,11-12,20H,4-5,8-10H2,1H3,(H2,17,18,21)/t11-,12+/m1/s1. The molecule has 0 aliphatic carbocycles. The number of halogens is 1. The molecule has 1 aromatic carbocycles. The monoisotopic (exact) mass is 311 g/mol. The number of rotatable bonds is 4. The largest absolute Gasteiger partial charge is 0.392 e. The van der Waals surface area contributed by atoms with Gasteiger partial charge >= 0.3 is 6.03 Å². The Hall–Kier alpha value is -1.46. The highest BCUT2D eigenvalue weighted by atomic mass is 35.5. The summed E-state index contributed by atoms with van der Waals surface area (Å²) in [4.78, 5) is 13.9. The van der Waals surface area contributed by atoms with Crippen LogP contribution >= 0.6 is 11.6 Å². The summed E-state index contributed by atoms with van der Waals surface area (Å²) >= 11 is 6.23. The van der Waals surface area contributed by atoms with Crippen molar-refractivity contribution < 1.29 is 9.90 Å². The Balaban J connectivity index is 1.89. The molecule has 0 spiro atoms. The first kappa shape index (κ1) is 15.9. The summed E-state index contributed by atoms with van der Waals surface area (Å²) in [5.41, 5.74) is 1.01. The number of hydrogen-bond donors (Lipinski definition) is 3. The number of carbonyl (C=O) groups is 1. The molecule has 3 N–H and O–H groups in total.